The van der Waals surface area contributed by atoms with Gasteiger partial charge in [-0.15, -0.1) is 0 Å². The van der Waals surface area contributed by atoms with Gasteiger partial charge < -0.3 is 14.6 Å². The number of fused-ring (bicyclic) bond motifs is 1. The van der Waals surface area contributed by atoms with Gasteiger partial charge >= 0.3 is 0 Å². The zero-order chi connectivity index (χ0) is 14.1. The first-order valence-corrected chi connectivity index (χ1v) is 7.11. The van der Waals surface area contributed by atoms with Gasteiger partial charge in [0.25, 0.3) is 0 Å². The van der Waals surface area contributed by atoms with Crippen LogP contribution in [0.5, 0.6) is 0 Å². The van der Waals surface area contributed by atoms with Crippen LogP contribution < -0.4 is 0 Å². The van der Waals surface area contributed by atoms with Crippen molar-refractivity contribution in [1.82, 2.24) is 9.88 Å². The van der Waals surface area contributed by atoms with Gasteiger partial charge in [0.1, 0.15) is 0 Å². The lowest BCUT2D eigenvalue weighted by Crippen LogP contribution is -2.48. The molecule has 0 radical (unpaired) electrons. The molecule has 1 amide bonds. The molecule has 0 bridgehead atoms. The Hall–Kier alpha value is -1.81. The Labute approximate surface area is 118 Å². The van der Waals surface area contributed by atoms with Crippen molar-refractivity contribution in [3.63, 3.8) is 0 Å². The predicted molar refractivity (Wildman–Crippen MR) is 78.6 cm³/mol. The molecule has 2 aromatic rings. The van der Waals surface area contributed by atoms with Crippen molar-refractivity contribution in [1.29, 1.82) is 0 Å². The van der Waals surface area contributed by atoms with Gasteiger partial charge in [-0.3, -0.25) is 4.79 Å². The molecule has 1 aromatic carbocycles. The minimum atomic E-state index is 0.119. The number of benzene rings is 1. The van der Waals surface area contributed by atoms with Crippen LogP contribution in [0.3, 0.4) is 0 Å². The Bertz CT molecular complexity index is 610. The van der Waals surface area contributed by atoms with Crippen LogP contribution in [0.25, 0.3) is 10.9 Å². The van der Waals surface area contributed by atoms with Crippen molar-refractivity contribution in [2.24, 2.45) is 0 Å². The zero-order valence-corrected chi connectivity index (χ0v) is 11.9. The minimum absolute atomic E-state index is 0.119. The van der Waals surface area contributed by atoms with E-state index in [-0.39, 0.29) is 18.1 Å². The average molecular weight is 272 g/mol. The number of aromatic nitrogens is 1. The van der Waals surface area contributed by atoms with Gasteiger partial charge in [0.2, 0.25) is 5.91 Å². The topological polar surface area (TPSA) is 45.3 Å². The largest absolute Gasteiger partial charge is 0.372 e. The van der Waals surface area contributed by atoms with E-state index in [4.69, 9.17) is 4.74 Å². The van der Waals surface area contributed by atoms with Crippen LogP contribution in [0.15, 0.2) is 30.5 Å². The molecule has 2 atom stereocenters. The number of rotatable bonds is 2. The third-order valence-corrected chi connectivity index (χ3v) is 3.75. The van der Waals surface area contributed by atoms with E-state index in [1.165, 1.54) is 5.39 Å². The molecule has 0 saturated carbocycles. The summed E-state index contributed by atoms with van der Waals surface area (Å²) < 4.78 is 5.67. The number of hydrogen-bond donors (Lipinski definition) is 1. The number of carbonyl (C=O) groups excluding carboxylic acids is 1. The second kappa shape index (κ2) is 5.29. The van der Waals surface area contributed by atoms with Crippen molar-refractivity contribution in [3.8, 4) is 0 Å². The van der Waals surface area contributed by atoms with Crippen molar-refractivity contribution < 1.29 is 9.53 Å². The van der Waals surface area contributed by atoms with E-state index >= 15 is 0 Å². The number of ether oxygens (including phenoxy) is 1. The predicted octanol–water partition coefficient (Wildman–Crippen LogP) is 2.35. The Morgan fingerprint density at radius 3 is 2.80 bits per heavy atom. The highest BCUT2D eigenvalue weighted by Crippen LogP contribution is 2.16. The maximum atomic E-state index is 12.4. The third-order valence-electron chi connectivity index (χ3n) is 3.75. The summed E-state index contributed by atoms with van der Waals surface area (Å²) in [4.78, 5) is 17.5. The summed E-state index contributed by atoms with van der Waals surface area (Å²) >= 11 is 0. The van der Waals surface area contributed by atoms with Crippen LogP contribution >= 0.6 is 0 Å². The molecule has 1 N–H and O–H groups in total. The summed E-state index contributed by atoms with van der Waals surface area (Å²) in [5, 5.41) is 1.18. The molecule has 1 fully saturated rings. The molecule has 4 nitrogen and oxygen atoms in total. The van der Waals surface area contributed by atoms with Gasteiger partial charge in [-0.05, 0) is 36.9 Å². The lowest BCUT2D eigenvalue weighted by atomic mass is 10.1. The van der Waals surface area contributed by atoms with E-state index in [2.05, 4.69) is 17.1 Å². The normalized spacial score (nSPS) is 23.2. The molecule has 0 spiro atoms. The standard InChI is InChI=1S/C16H20N2O2/c1-11-9-18(10-12(2)20-11)16(19)8-13-3-4-14-5-6-17-15(14)7-13/h3-7,11-12,17H,8-10H2,1-2H3. The molecule has 0 aliphatic carbocycles. The molecule has 106 valence electrons. The van der Waals surface area contributed by atoms with Gasteiger partial charge in [0.15, 0.2) is 0 Å². The number of nitrogens with one attached hydrogen (secondary N) is 1. The number of hydrogen-bond acceptors (Lipinski definition) is 2. The van der Waals surface area contributed by atoms with Crippen molar-refractivity contribution in [2.45, 2.75) is 32.5 Å². The summed E-state index contributed by atoms with van der Waals surface area (Å²) in [7, 11) is 0. The maximum Gasteiger partial charge on any atom is 0.227 e. The van der Waals surface area contributed by atoms with E-state index < -0.39 is 0 Å². The number of aromatic amines is 1. The van der Waals surface area contributed by atoms with Gasteiger partial charge in [-0.1, -0.05) is 12.1 Å². The second-order valence-corrected chi connectivity index (χ2v) is 5.63. The maximum absolute atomic E-state index is 12.4. The van der Waals surface area contributed by atoms with Gasteiger partial charge in [0.05, 0.1) is 18.6 Å². The molecule has 3 rings (SSSR count). The quantitative estimate of drug-likeness (QED) is 0.912. The first-order chi connectivity index (χ1) is 9.61. The van der Waals surface area contributed by atoms with Crippen LogP contribution in [0, 0.1) is 0 Å². The monoisotopic (exact) mass is 272 g/mol. The lowest BCUT2D eigenvalue weighted by Gasteiger charge is -2.35. The van der Waals surface area contributed by atoms with E-state index in [0.717, 1.165) is 11.1 Å². The number of carbonyl (C=O) groups is 1. The SMILES string of the molecule is CC1CN(C(=O)Cc2ccc3cc[nH]c3c2)CC(C)O1. The van der Waals surface area contributed by atoms with Gasteiger partial charge in [-0.2, -0.15) is 0 Å². The fourth-order valence-corrected chi connectivity index (χ4v) is 2.87. The molecule has 20 heavy (non-hydrogen) atoms. The van der Waals surface area contributed by atoms with Crippen LogP contribution in [0.2, 0.25) is 0 Å². The number of nitrogens with zero attached hydrogens (tertiary/aromatic N) is 1. The van der Waals surface area contributed by atoms with Crippen molar-refractivity contribution >= 4 is 16.8 Å². The molecular weight excluding hydrogens is 252 g/mol. The molecule has 1 aromatic heterocycles. The van der Waals surface area contributed by atoms with E-state index in [1.54, 1.807) is 0 Å². The van der Waals surface area contributed by atoms with Gasteiger partial charge in [0, 0.05) is 24.8 Å². The minimum Gasteiger partial charge on any atom is -0.372 e. The number of amides is 1. The van der Waals surface area contributed by atoms with Gasteiger partial charge in [-0.25, -0.2) is 0 Å². The molecule has 1 saturated heterocycles. The Morgan fingerprint density at radius 1 is 1.30 bits per heavy atom. The summed E-state index contributed by atoms with van der Waals surface area (Å²) in [6.07, 6.45) is 2.61. The molecule has 2 heterocycles. The zero-order valence-electron chi connectivity index (χ0n) is 11.9. The Balaban J connectivity index is 1.71. The molecular formula is C16H20N2O2. The highest BCUT2D eigenvalue weighted by atomic mass is 16.5. The Kier molecular flexibility index (Phi) is 3.49. The molecule has 4 heteroatoms. The average Bonchev–Trinajstić information content (AvgIpc) is 2.85. The smallest absolute Gasteiger partial charge is 0.227 e. The first-order valence-electron chi connectivity index (χ1n) is 7.11. The lowest BCUT2D eigenvalue weighted by molar-refractivity contribution is -0.142. The highest BCUT2D eigenvalue weighted by Gasteiger charge is 2.25. The van der Waals surface area contributed by atoms with Crippen LogP contribution in [-0.4, -0.2) is 41.1 Å². The van der Waals surface area contributed by atoms with Crippen LogP contribution in [0.1, 0.15) is 19.4 Å². The van der Waals surface area contributed by atoms with Crippen LogP contribution in [0.4, 0.5) is 0 Å². The summed E-state index contributed by atoms with van der Waals surface area (Å²) in [5.41, 5.74) is 2.13. The Morgan fingerprint density at radius 2 is 2.05 bits per heavy atom. The van der Waals surface area contributed by atoms with E-state index in [0.29, 0.717) is 19.5 Å². The fourth-order valence-electron chi connectivity index (χ4n) is 2.87. The number of morpholine rings is 1. The van der Waals surface area contributed by atoms with Crippen LogP contribution in [-0.2, 0) is 16.0 Å². The summed E-state index contributed by atoms with van der Waals surface area (Å²) in [5.74, 6) is 0.179. The fraction of sp³-hybridized carbons (Fsp3) is 0.438. The van der Waals surface area contributed by atoms with Crippen molar-refractivity contribution in [2.75, 3.05) is 13.1 Å². The number of H-pyrrole nitrogens is 1. The molecule has 1 aliphatic heterocycles. The third kappa shape index (κ3) is 2.70. The summed E-state index contributed by atoms with van der Waals surface area (Å²) in [6, 6.07) is 8.17. The summed E-state index contributed by atoms with van der Waals surface area (Å²) in [6.45, 7) is 5.41. The van der Waals surface area contributed by atoms with E-state index in [1.807, 2.05) is 37.1 Å². The second-order valence-electron chi connectivity index (χ2n) is 5.63. The molecule has 1 aliphatic rings. The van der Waals surface area contributed by atoms with Crippen molar-refractivity contribution in [3.05, 3.63) is 36.0 Å². The molecule has 2 unspecified atom stereocenters. The first kappa shape index (κ1) is 13.2. The highest BCUT2D eigenvalue weighted by molar-refractivity contribution is 5.83. The van der Waals surface area contributed by atoms with E-state index in [9.17, 15) is 4.79 Å².